The number of methoxy groups -OCH3 is 1. The summed E-state index contributed by atoms with van der Waals surface area (Å²) in [5.74, 6) is 0.280. The Morgan fingerprint density at radius 2 is 2.15 bits per heavy atom. The van der Waals surface area contributed by atoms with Gasteiger partial charge in [-0.1, -0.05) is 0 Å². The van der Waals surface area contributed by atoms with E-state index in [1.54, 1.807) is 6.07 Å². The van der Waals surface area contributed by atoms with Gasteiger partial charge in [-0.15, -0.1) is 12.4 Å². The molecule has 0 unspecified atom stereocenters. The Kier molecular flexibility index (Phi) is 5.29. The summed E-state index contributed by atoms with van der Waals surface area (Å²) >= 11 is 3.16. The second-order valence-electron chi connectivity index (χ2n) is 2.28. The van der Waals surface area contributed by atoms with Gasteiger partial charge >= 0.3 is 0 Å². The zero-order valence-electron chi connectivity index (χ0n) is 7.01. The van der Waals surface area contributed by atoms with E-state index in [0.717, 1.165) is 0 Å². The molecule has 0 bridgehead atoms. The molecule has 2 nitrogen and oxygen atoms in total. The molecule has 0 spiro atoms. The van der Waals surface area contributed by atoms with E-state index in [2.05, 4.69) is 15.9 Å². The van der Waals surface area contributed by atoms with Crippen LogP contribution in [0.2, 0.25) is 0 Å². The Bertz CT molecular complexity index is 270. The predicted octanol–water partition coefficient (Wildman–Crippen LogP) is 2.48. The van der Waals surface area contributed by atoms with E-state index in [9.17, 15) is 4.39 Å². The maximum atomic E-state index is 13.0. The van der Waals surface area contributed by atoms with E-state index in [0.29, 0.717) is 15.8 Å². The number of halogens is 3. The van der Waals surface area contributed by atoms with Gasteiger partial charge in [0, 0.05) is 12.1 Å². The third-order valence-corrected chi connectivity index (χ3v) is 2.16. The van der Waals surface area contributed by atoms with Crippen molar-refractivity contribution in [1.29, 1.82) is 0 Å². The van der Waals surface area contributed by atoms with Crippen LogP contribution in [0.3, 0.4) is 0 Å². The minimum absolute atomic E-state index is 0. The number of ether oxygens (including phenoxy) is 1. The molecule has 1 aromatic rings. The highest BCUT2D eigenvalue weighted by Gasteiger charge is 2.06. The van der Waals surface area contributed by atoms with Gasteiger partial charge < -0.3 is 10.5 Å². The maximum absolute atomic E-state index is 13.0. The SMILES string of the molecule is COc1cc(CN)c(F)cc1Br.Cl. The smallest absolute Gasteiger partial charge is 0.133 e. The van der Waals surface area contributed by atoms with E-state index in [-0.39, 0.29) is 24.8 Å². The van der Waals surface area contributed by atoms with E-state index >= 15 is 0 Å². The van der Waals surface area contributed by atoms with Crippen molar-refractivity contribution in [2.45, 2.75) is 6.54 Å². The molecule has 0 radical (unpaired) electrons. The van der Waals surface area contributed by atoms with Crippen molar-refractivity contribution in [2.75, 3.05) is 7.11 Å². The first-order chi connectivity index (χ1) is 5.69. The van der Waals surface area contributed by atoms with E-state index < -0.39 is 0 Å². The van der Waals surface area contributed by atoms with Crippen LogP contribution in [0, 0.1) is 5.82 Å². The Morgan fingerprint density at radius 1 is 1.54 bits per heavy atom. The van der Waals surface area contributed by atoms with Crippen molar-refractivity contribution < 1.29 is 9.13 Å². The lowest BCUT2D eigenvalue weighted by atomic mass is 10.2. The van der Waals surface area contributed by atoms with Gasteiger partial charge in [0.1, 0.15) is 11.6 Å². The Hall–Kier alpha value is -0.320. The highest BCUT2D eigenvalue weighted by molar-refractivity contribution is 9.10. The van der Waals surface area contributed by atoms with Crippen LogP contribution in [0.25, 0.3) is 0 Å². The minimum Gasteiger partial charge on any atom is -0.496 e. The largest absolute Gasteiger partial charge is 0.496 e. The molecule has 1 rings (SSSR count). The topological polar surface area (TPSA) is 35.2 Å². The first kappa shape index (κ1) is 12.7. The molecule has 0 saturated carbocycles. The van der Waals surface area contributed by atoms with Crippen molar-refractivity contribution >= 4 is 28.3 Å². The molecule has 1 aromatic carbocycles. The lowest BCUT2D eigenvalue weighted by molar-refractivity contribution is 0.410. The fourth-order valence-corrected chi connectivity index (χ4v) is 1.36. The van der Waals surface area contributed by atoms with Crippen LogP contribution in [-0.2, 0) is 6.54 Å². The van der Waals surface area contributed by atoms with Crippen molar-refractivity contribution in [3.8, 4) is 5.75 Å². The van der Waals surface area contributed by atoms with Crippen molar-refractivity contribution in [3.63, 3.8) is 0 Å². The second-order valence-corrected chi connectivity index (χ2v) is 3.14. The number of hydrogen-bond acceptors (Lipinski definition) is 2. The van der Waals surface area contributed by atoms with Gasteiger partial charge in [-0.25, -0.2) is 4.39 Å². The number of hydrogen-bond donors (Lipinski definition) is 1. The minimum atomic E-state index is -0.315. The van der Waals surface area contributed by atoms with Crippen molar-refractivity contribution in [2.24, 2.45) is 5.73 Å². The third-order valence-electron chi connectivity index (χ3n) is 1.54. The normalized spacial score (nSPS) is 9.23. The summed E-state index contributed by atoms with van der Waals surface area (Å²) in [7, 11) is 1.53. The zero-order chi connectivity index (χ0) is 9.14. The molecule has 0 aromatic heterocycles. The second kappa shape index (κ2) is 5.42. The maximum Gasteiger partial charge on any atom is 0.133 e. The van der Waals surface area contributed by atoms with Crippen molar-refractivity contribution in [1.82, 2.24) is 0 Å². The van der Waals surface area contributed by atoms with E-state index in [1.165, 1.54) is 13.2 Å². The summed E-state index contributed by atoms with van der Waals surface area (Å²) in [6.07, 6.45) is 0. The summed E-state index contributed by atoms with van der Waals surface area (Å²) in [4.78, 5) is 0. The molecule has 0 saturated heterocycles. The number of benzene rings is 1. The van der Waals surface area contributed by atoms with Crippen LogP contribution in [0.4, 0.5) is 4.39 Å². The molecule has 13 heavy (non-hydrogen) atoms. The number of nitrogens with two attached hydrogens (primary N) is 1. The molecule has 5 heteroatoms. The third kappa shape index (κ3) is 2.83. The summed E-state index contributed by atoms with van der Waals surface area (Å²) in [5, 5.41) is 0. The van der Waals surface area contributed by atoms with Crippen LogP contribution in [0.1, 0.15) is 5.56 Å². The summed E-state index contributed by atoms with van der Waals surface area (Å²) in [6, 6.07) is 2.93. The van der Waals surface area contributed by atoms with Gasteiger partial charge in [-0.3, -0.25) is 0 Å². The predicted molar refractivity (Wildman–Crippen MR) is 55.8 cm³/mol. The Labute approximate surface area is 90.8 Å². The number of rotatable bonds is 2. The standard InChI is InChI=1S/C8H9BrFNO.ClH/c1-12-8-2-5(4-11)7(10)3-6(8)9;/h2-3H,4,11H2,1H3;1H. The first-order valence-corrected chi connectivity index (χ1v) is 4.20. The van der Waals surface area contributed by atoms with Crippen LogP contribution in [0.15, 0.2) is 16.6 Å². The average molecular weight is 271 g/mol. The highest BCUT2D eigenvalue weighted by Crippen LogP contribution is 2.27. The van der Waals surface area contributed by atoms with Crippen LogP contribution in [-0.4, -0.2) is 7.11 Å². The van der Waals surface area contributed by atoms with Crippen LogP contribution < -0.4 is 10.5 Å². The van der Waals surface area contributed by atoms with E-state index in [4.69, 9.17) is 10.5 Å². The molecule has 0 aliphatic rings. The van der Waals surface area contributed by atoms with Gasteiger partial charge in [0.25, 0.3) is 0 Å². The van der Waals surface area contributed by atoms with Crippen molar-refractivity contribution in [3.05, 3.63) is 28.0 Å². The lowest BCUT2D eigenvalue weighted by Gasteiger charge is -2.06. The molecule has 0 atom stereocenters. The van der Waals surface area contributed by atoms with Crippen LogP contribution in [0.5, 0.6) is 5.75 Å². The zero-order valence-corrected chi connectivity index (χ0v) is 9.41. The lowest BCUT2D eigenvalue weighted by Crippen LogP contribution is -2.00. The van der Waals surface area contributed by atoms with Crippen LogP contribution >= 0.6 is 28.3 Å². The summed E-state index contributed by atoms with van der Waals surface area (Å²) in [6.45, 7) is 0.176. The molecule has 0 aliphatic heterocycles. The molecule has 0 aliphatic carbocycles. The fraction of sp³-hybridized carbons (Fsp3) is 0.250. The molecular weight excluding hydrogens is 260 g/mol. The molecule has 2 N–H and O–H groups in total. The summed E-state index contributed by atoms with van der Waals surface area (Å²) < 4.78 is 18.6. The highest BCUT2D eigenvalue weighted by atomic mass is 79.9. The quantitative estimate of drug-likeness (QED) is 0.896. The molecule has 0 heterocycles. The van der Waals surface area contributed by atoms with Gasteiger partial charge in [0.2, 0.25) is 0 Å². The first-order valence-electron chi connectivity index (χ1n) is 3.41. The molecule has 0 fully saturated rings. The molecular formula is C8H10BrClFNO. The molecule has 0 amide bonds. The summed E-state index contributed by atoms with van der Waals surface area (Å²) in [5.41, 5.74) is 5.77. The van der Waals surface area contributed by atoms with Gasteiger partial charge in [-0.2, -0.15) is 0 Å². The fourth-order valence-electron chi connectivity index (χ4n) is 0.884. The van der Waals surface area contributed by atoms with Gasteiger partial charge in [-0.05, 0) is 28.1 Å². The average Bonchev–Trinajstić information content (AvgIpc) is 2.05. The molecule has 74 valence electrons. The Balaban J connectivity index is 0.00000144. The monoisotopic (exact) mass is 269 g/mol. The Morgan fingerprint density at radius 3 is 2.62 bits per heavy atom. The van der Waals surface area contributed by atoms with Gasteiger partial charge in [0.05, 0.1) is 11.6 Å². The van der Waals surface area contributed by atoms with Gasteiger partial charge in [0.15, 0.2) is 0 Å². The van der Waals surface area contributed by atoms with E-state index in [1.807, 2.05) is 0 Å².